The topological polar surface area (TPSA) is 64.0 Å². The fraction of sp³-hybridized carbons (Fsp3) is 0.500. The number of fused-ring (bicyclic) bond motifs is 1. The Morgan fingerprint density at radius 3 is 2.58 bits per heavy atom. The van der Waals surface area contributed by atoms with Gasteiger partial charge in [-0.2, -0.15) is 0 Å². The predicted octanol–water partition coefficient (Wildman–Crippen LogP) is 3.70. The molecule has 1 atom stereocenters. The van der Waals surface area contributed by atoms with Crippen LogP contribution in [0.1, 0.15) is 61.0 Å². The number of carbonyl (C=O) groups is 1. The maximum Gasteiger partial charge on any atom is 0.226 e. The van der Waals surface area contributed by atoms with Gasteiger partial charge in [-0.3, -0.25) is 4.79 Å². The summed E-state index contributed by atoms with van der Waals surface area (Å²) in [5.41, 5.74) is 4.42. The van der Waals surface area contributed by atoms with Crippen LogP contribution in [0.15, 0.2) is 42.5 Å². The number of hydrogen-bond donors (Lipinski definition) is 2. The molecule has 1 fully saturated rings. The van der Waals surface area contributed by atoms with Crippen molar-refractivity contribution in [3.05, 3.63) is 64.7 Å². The Balaban J connectivity index is 1.40. The van der Waals surface area contributed by atoms with Crippen molar-refractivity contribution in [3.63, 3.8) is 0 Å². The molecule has 0 bridgehead atoms. The largest absolute Gasteiger partial charge is 0.387 e. The fourth-order valence-electron chi connectivity index (χ4n) is 5.09. The third-order valence-corrected chi connectivity index (χ3v) is 6.97. The molecule has 0 radical (unpaired) electrons. The highest BCUT2D eigenvalue weighted by Crippen LogP contribution is 2.35. The smallest absolute Gasteiger partial charge is 0.226 e. The summed E-state index contributed by atoms with van der Waals surface area (Å²) in [4.78, 5) is 16.4. The van der Waals surface area contributed by atoms with E-state index in [2.05, 4.69) is 24.0 Å². The molecule has 5 nitrogen and oxygen atoms in total. The number of piperidine rings is 1. The molecule has 2 heterocycles. The first-order valence-electron chi connectivity index (χ1n) is 11.5. The van der Waals surface area contributed by atoms with Crippen LogP contribution in [0.3, 0.4) is 0 Å². The van der Waals surface area contributed by atoms with Gasteiger partial charge in [0.25, 0.3) is 0 Å². The molecule has 2 N–H and O–H groups in total. The number of nitrogens with zero attached hydrogens (tertiary/aromatic N) is 2. The number of benzene rings is 2. The summed E-state index contributed by atoms with van der Waals surface area (Å²) in [5, 5.41) is 22.1. The summed E-state index contributed by atoms with van der Waals surface area (Å²) >= 11 is 0. The van der Waals surface area contributed by atoms with E-state index >= 15 is 0 Å². The van der Waals surface area contributed by atoms with E-state index in [1.165, 1.54) is 0 Å². The molecular formula is C26H34N2O3. The minimum atomic E-state index is -0.784. The van der Waals surface area contributed by atoms with Crippen LogP contribution in [-0.4, -0.2) is 47.2 Å². The molecule has 0 spiro atoms. The fourth-order valence-corrected chi connectivity index (χ4v) is 5.09. The van der Waals surface area contributed by atoms with Crippen molar-refractivity contribution in [1.82, 2.24) is 4.90 Å². The second-order valence-electron chi connectivity index (χ2n) is 9.05. The number of aliphatic hydroxyl groups excluding tert-OH is 1. The number of aryl methyl sites for hydroxylation is 2. The van der Waals surface area contributed by atoms with Crippen molar-refractivity contribution in [2.24, 2.45) is 0 Å². The summed E-state index contributed by atoms with van der Waals surface area (Å²) < 4.78 is 0. The lowest BCUT2D eigenvalue weighted by Gasteiger charge is -2.40. The van der Waals surface area contributed by atoms with E-state index in [-0.39, 0.29) is 5.91 Å². The van der Waals surface area contributed by atoms with Crippen LogP contribution >= 0.6 is 0 Å². The van der Waals surface area contributed by atoms with Gasteiger partial charge in [0, 0.05) is 38.3 Å². The van der Waals surface area contributed by atoms with Gasteiger partial charge in [-0.15, -0.1) is 0 Å². The number of hydrogen-bond acceptors (Lipinski definition) is 4. The third kappa shape index (κ3) is 4.54. The van der Waals surface area contributed by atoms with Crippen LogP contribution in [0.4, 0.5) is 5.69 Å². The quantitative estimate of drug-likeness (QED) is 0.771. The molecule has 2 aliphatic rings. The van der Waals surface area contributed by atoms with Gasteiger partial charge in [0.2, 0.25) is 5.91 Å². The average Bonchev–Trinajstić information content (AvgIpc) is 2.79. The van der Waals surface area contributed by atoms with E-state index < -0.39 is 11.7 Å². The molecule has 31 heavy (non-hydrogen) atoms. The Morgan fingerprint density at radius 1 is 1.13 bits per heavy atom. The minimum Gasteiger partial charge on any atom is -0.387 e. The number of amides is 1. The molecule has 1 saturated heterocycles. The van der Waals surface area contributed by atoms with Crippen molar-refractivity contribution in [2.45, 2.75) is 57.7 Å². The SMILES string of the molecule is CCC(=O)N1CCCc2cc(C(O)CN3CCC(O)(c4ccccc4C)CC3)ccc21. The highest BCUT2D eigenvalue weighted by Gasteiger charge is 2.35. The Morgan fingerprint density at radius 2 is 1.87 bits per heavy atom. The predicted molar refractivity (Wildman–Crippen MR) is 123 cm³/mol. The van der Waals surface area contributed by atoms with Crippen molar-refractivity contribution < 1.29 is 15.0 Å². The van der Waals surface area contributed by atoms with E-state index in [4.69, 9.17) is 0 Å². The van der Waals surface area contributed by atoms with Crippen LogP contribution in [0.5, 0.6) is 0 Å². The molecule has 1 unspecified atom stereocenters. The molecule has 166 valence electrons. The highest BCUT2D eigenvalue weighted by molar-refractivity contribution is 5.94. The van der Waals surface area contributed by atoms with Crippen LogP contribution in [0.2, 0.25) is 0 Å². The lowest BCUT2D eigenvalue weighted by Crippen LogP contribution is -2.44. The third-order valence-electron chi connectivity index (χ3n) is 6.97. The van der Waals surface area contributed by atoms with Crippen LogP contribution < -0.4 is 4.90 Å². The van der Waals surface area contributed by atoms with Crippen molar-refractivity contribution in [1.29, 1.82) is 0 Å². The number of rotatable bonds is 5. The Kier molecular flexibility index (Phi) is 6.47. The average molecular weight is 423 g/mol. The second kappa shape index (κ2) is 9.11. The van der Waals surface area contributed by atoms with Crippen LogP contribution in [0, 0.1) is 6.92 Å². The number of β-amino-alcohol motifs (C(OH)–C–C–N with tert-alkyl or cyclic N) is 1. The van der Waals surface area contributed by atoms with Gasteiger partial charge < -0.3 is 20.0 Å². The summed E-state index contributed by atoms with van der Waals surface area (Å²) in [6, 6.07) is 14.1. The van der Waals surface area contributed by atoms with Gasteiger partial charge in [-0.1, -0.05) is 43.3 Å². The normalized spacial score (nSPS) is 19.7. The Hall–Kier alpha value is -2.21. The van der Waals surface area contributed by atoms with Crippen LogP contribution in [0.25, 0.3) is 0 Å². The van der Waals surface area contributed by atoms with Crippen molar-refractivity contribution >= 4 is 11.6 Å². The van der Waals surface area contributed by atoms with E-state index in [0.717, 1.165) is 60.4 Å². The summed E-state index contributed by atoms with van der Waals surface area (Å²) in [5.74, 6) is 0.156. The summed E-state index contributed by atoms with van der Waals surface area (Å²) in [6.07, 6.45) is 3.17. The van der Waals surface area contributed by atoms with E-state index in [1.54, 1.807) is 0 Å². The van der Waals surface area contributed by atoms with E-state index in [0.29, 0.717) is 25.8 Å². The van der Waals surface area contributed by atoms with Gasteiger partial charge in [0.15, 0.2) is 0 Å². The van der Waals surface area contributed by atoms with Gasteiger partial charge in [-0.25, -0.2) is 0 Å². The molecule has 4 rings (SSSR count). The first kappa shape index (κ1) is 22.0. The van der Waals surface area contributed by atoms with E-state index in [9.17, 15) is 15.0 Å². The Labute approximate surface area is 185 Å². The lowest BCUT2D eigenvalue weighted by atomic mass is 9.82. The molecule has 1 amide bonds. The van der Waals surface area contributed by atoms with Gasteiger partial charge >= 0.3 is 0 Å². The second-order valence-corrected chi connectivity index (χ2v) is 9.05. The van der Waals surface area contributed by atoms with Gasteiger partial charge in [0.05, 0.1) is 11.7 Å². The van der Waals surface area contributed by atoms with Crippen LogP contribution in [-0.2, 0) is 16.8 Å². The monoisotopic (exact) mass is 422 g/mol. The number of likely N-dealkylation sites (tertiary alicyclic amines) is 1. The molecular weight excluding hydrogens is 388 g/mol. The zero-order chi connectivity index (χ0) is 22.0. The lowest BCUT2D eigenvalue weighted by molar-refractivity contribution is -0.118. The minimum absolute atomic E-state index is 0.156. The number of carbonyl (C=O) groups excluding carboxylic acids is 1. The molecule has 2 aliphatic heterocycles. The molecule has 5 heteroatoms. The van der Waals surface area contributed by atoms with Gasteiger partial charge in [-0.05, 0) is 60.9 Å². The van der Waals surface area contributed by atoms with E-state index in [1.807, 2.05) is 42.2 Å². The number of aliphatic hydroxyl groups is 2. The highest BCUT2D eigenvalue weighted by atomic mass is 16.3. The first-order chi connectivity index (χ1) is 14.9. The molecule has 2 aromatic carbocycles. The molecule has 0 aliphatic carbocycles. The standard InChI is InChI=1S/C26H34N2O3/c1-3-25(30)28-14-6-8-20-17-21(10-11-23(20)28)24(29)18-27-15-12-26(31,13-16-27)22-9-5-4-7-19(22)2/h4-5,7,9-11,17,24,29,31H,3,6,8,12-16,18H2,1-2H3. The maximum absolute atomic E-state index is 12.2. The van der Waals surface area contributed by atoms with Crippen molar-refractivity contribution in [3.8, 4) is 0 Å². The molecule has 0 saturated carbocycles. The number of anilines is 1. The molecule has 0 aromatic heterocycles. The Bertz CT molecular complexity index is 934. The molecule has 2 aromatic rings. The van der Waals surface area contributed by atoms with Crippen molar-refractivity contribution in [2.75, 3.05) is 31.1 Å². The summed E-state index contributed by atoms with van der Waals surface area (Å²) in [6.45, 7) is 6.79. The van der Waals surface area contributed by atoms with Gasteiger partial charge in [0.1, 0.15) is 0 Å². The summed E-state index contributed by atoms with van der Waals surface area (Å²) in [7, 11) is 0. The maximum atomic E-state index is 12.2. The zero-order valence-electron chi connectivity index (χ0n) is 18.7. The first-order valence-corrected chi connectivity index (χ1v) is 11.5. The zero-order valence-corrected chi connectivity index (χ0v) is 18.7.